The summed E-state index contributed by atoms with van der Waals surface area (Å²) in [4.78, 5) is 12.5. The van der Waals surface area contributed by atoms with E-state index < -0.39 is 11.6 Å². The molecule has 0 aliphatic carbocycles. The van der Waals surface area contributed by atoms with Gasteiger partial charge in [-0.3, -0.25) is 0 Å². The summed E-state index contributed by atoms with van der Waals surface area (Å²) in [7, 11) is 0. The lowest BCUT2D eigenvalue weighted by molar-refractivity contribution is 0.00670. The Morgan fingerprint density at radius 3 is 2.31 bits per heavy atom. The third-order valence-electron chi connectivity index (χ3n) is 3.40. The Kier molecular flexibility index (Phi) is 7.09. The average Bonchev–Trinajstić information content (AvgIpc) is 2.57. The molecule has 0 aliphatic heterocycles. The number of ether oxygens (including phenoxy) is 3. The van der Waals surface area contributed by atoms with E-state index in [0.29, 0.717) is 28.1 Å². The van der Waals surface area contributed by atoms with Crippen LogP contribution in [0.5, 0.6) is 17.2 Å². The largest absolute Gasteiger partial charge is 0.494 e. The van der Waals surface area contributed by atoms with E-state index in [0.717, 1.165) is 18.6 Å². The van der Waals surface area contributed by atoms with E-state index in [1.165, 1.54) is 0 Å². The van der Waals surface area contributed by atoms with E-state index >= 15 is 0 Å². The van der Waals surface area contributed by atoms with Crippen LogP contribution in [0.15, 0.2) is 46.9 Å². The van der Waals surface area contributed by atoms with Crippen molar-refractivity contribution in [2.45, 2.75) is 46.1 Å². The van der Waals surface area contributed by atoms with Gasteiger partial charge in [0.05, 0.1) is 11.1 Å². The maximum Gasteiger partial charge on any atom is 0.342 e. The molecule has 26 heavy (non-hydrogen) atoms. The van der Waals surface area contributed by atoms with Crippen LogP contribution in [0.3, 0.4) is 0 Å². The van der Waals surface area contributed by atoms with Gasteiger partial charge in [-0.25, -0.2) is 4.79 Å². The zero-order valence-corrected chi connectivity index (χ0v) is 17.3. The van der Waals surface area contributed by atoms with Crippen molar-refractivity contribution in [1.82, 2.24) is 0 Å². The summed E-state index contributed by atoms with van der Waals surface area (Å²) in [5.74, 6) is 1.42. The quantitative estimate of drug-likeness (QED) is 0.385. The number of esters is 1. The zero-order valence-electron chi connectivity index (χ0n) is 15.7. The number of hydrogen-bond donors (Lipinski definition) is 0. The number of carbonyl (C=O) groups excluding carboxylic acids is 1. The molecule has 0 N–H and O–H groups in total. The first kappa shape index (κ1) is 20.3. The highest BCUT2D eigenvalue weighted by Gasteiger charge is 2.22. The number of para-hydroxylation sites is 1. The van der Waals surface area contributed by atoms with Gasteiger partial charge in [-0.1, -0.05) is 19.4 Å². The van der Waals surface area contributed by atoms with Crippen LogP contribution in [0.4, 0.5) is 0 Å². The number of unbranched alkanes of at least 4 members (excludes halogenated alkanes) is 1. The van der Waals surface area contributed by atoms with Gasteiger partial charge < -0.3 is 14.2 Å². The van der Waals surface area contributed by atoms with Crippen LogP contribution in [-0.4, -0.2) is 18.2 Å². The zero-order chi connectivity index (χ0) is 19.2. The molecule has 0 saturated carbocycles. The molecule has 0 amide bonds. The lowest BCUT2D eigenvalue weighted by atomic mass is 10.1. The van der Waals surface area contributed by atoms with Crippen molar-refractivity contribution < 1.29 is 19.0 Å². The molecule has 0 radical (unpaired) electrons. The van der Waals surface area contributed by atoms with Gasteiger partial charge in [0.15, 0.2) is 5.75 Å². The first-order valence-electron chi connectivity index (χ1n) is 8.72. The highest BCUT2D eigenvalue weighted by atomic mass is 79.9. The van der Waals surface area contributed by atoms with Crippen molar-refractivity contribution in [3.05, 3.63) is 52.5 Å². The molecular formula is C21H25BrO4. The van der Waals surface area contributed by atoms with Crippen molar-refractivity contribution in [2.24, 2.45) is 0 Å². The molecule has 0 atom stereocenters. The molecule has 2 rings (SSSR count). The third-order valence-corrected chi connectivity index (χ3v) is 4.02. The van der Waals surface area contributed by atoms with Crippen LogP contribution in [0.1, 0.15) is 50.9 Å². The molecule has 0 saturated heterocycles. The predicted molar refractivity (Wildman–Crippen MR) is 106 cm³/mol. The molecule has 0 fully saturated rings. The second-order valence-electron chi connectivity index (χ2n) is 6.89. The van der Waals surface area contributed by atoms with Gasteiger partial charge in [-0.05, 0) is 79.5 Å². The Labute approximate surface area is 163 Å². The summed E-state index contributed by atoms with van der Waals surface area (Å²) in [5.41, 5.74) is -0.202. The molecule has 5 heteroatoms. The third kappa shape index (κ3) is 6.06. The van der Waals surface area contributed by atoms with E-state index in [1.807, 2.05) is 51.1 Å². The molecule has 2 aromatic rings. The van der Waals surface area contributed by atoms with Crippen molar-refractivity contribution in [3.8, 4) is 17.2 Å². The summed E-state index contributed by atoms with van der Waals surface area (Å²) in [6.07, 6.45) is 2.12. The number of carbonyl (C=O) groups is 1. The maximum absolute atomic E-state index is 12.5. The highest BCUT2D eigenvalue weighted by molar-refractivity contribution is 9.10. The minimum absolute atomic E-state index is 0.373. The van der Waals surface area contributed by atoms with Crippen molar-refractivity contribution >= 4 is 21.9 Å². The van der Waals surface area contributed by atoms with E-state index in [-0.39, 0.29) is 0 Å². The molecule has 0 spiro atoms. The normalized spacial score (nSPS) is 11.1. The van der Waals surface area contributed by atoms with Gasteiger partial charge in [0, 0.05) is 0 Å². The fourth-order valence-corrected chi connectivity index (χ4v) is 2.61. The molecule has 2 aromatic carbocycles. The summed E-state index contributed by atoms with van der Waals surface area (Å²) < 4.78 is 17.8. The first-order valence-corrected chi connectivity index (χ1v) is 9.52. The van der Waals surface area contributed by atoms with Crippen LogP contribution in [0.2, 0.25) is 0 Å². The predicted octanol–water partition coefficient (Wildman–Crippen LogP) is 6.38. The highest BCUT2D eigenvalue weighted by Crippen LogP contribution is 2.34. The van der Waals surface area contributed by atoms with Crippen LogP contribution >= 0.6 is 15.9 Å². The molecule has 0 unspecified atom stereocenters. The summed E-state index contributed by atoms with van der Waals surface area (Å²) in [6.45, 7) is 8.33. The van der Waals surface area contributed by atoms with Crippen LogP contribution in [-0.2, 0) is 4.74 Å². The molecule has 0 aromatic heterocycles. The SMILES string of the molecule is CCCCOc1ccc(Oc2c(Br)cccc2C(=O)OC(C)(C)C)cc1. The average molecular weight is 421 g/mol. The van der Waals surface area contributed by atoms with Gasteiger partial charge in [0.1, 0.15) is 22.7 Å². The fraction of sp³-hybridized carbons (Fsp3) is 0.381. The summed E-state index contributed by atoms with van der Waals surface area (Å²) in [5, 5.41) is 0. The van der Waals surface area contributed by atoms with Gasteiger partial charge >= 0.3 is 5.97 Å². The molecule has 0 bridgehead atoms. The summed E-state index contributed by atoms with van der Waals surface area (Å²) >= 11 is 3.45. The molecule has 0 heterocycles. The smallest absolute Gasteiger partial charge is 0.342 e. The minimum Gasteiger partial charge on any atom is -0.494 e. The standard InChI is InChI=1S/C21H25BrO4/c1-5-6-14-24-15-10-12-16(13-11-15)25-19-17(8-7-9-18(19)22)20(23)26-21(2,3)4/h7-13H,5-6,14H2,1-4H3. The maximum atomic E-state index is 12.5. The van der Waals surface area contributed by atoms with Crippen LogP contribution in [0, 0.1) is 0 Å². The number of rotatable bonds is 7. The second kappa shape index (κ2) is 9.08. The molecule has 0 aliphatic rings. The van der Waals surface area contributed by atoms with Crippen molar-refractivity contribution in [2.75, 3.05) is 6.61 Å². The van der Waals surface area contributed by atoms with E-state index in [1.54, 1.807) is 12.1 Å². The Hall–Kier alpha value is -2.01. The summed E-state index contributed by atoms with van der Waals surface area (Å²) in [6, 6.07) is 12.6. The number of hydrogen-bond acceptors (Lipinski definition) is 4. The van der Waals surface area contributed by atoms with E-state index in [2.05, 4.69) is 22.9 Å². The van der Waals surface area contributed by atoms with E-state index in [4.69, 9.17) is 14.2 Å². The van der Waals surface area contributed by atoms with Crippen LogP contribution < -0.4 is 9.47 Å². The fourth-order valence-electron chi connectivity index (χ4n) is 2.16. The minimum atomic E-state index is -0.575. The monoisotopic (exact) mass is 420 g/mol. The lowest BCUT2D eigenvalue weighted by Gasteiger charge is -2.21. The van der Waals surface area contributed by atoms with E-state index in [9.17, 15) is 4.79 Å². The number of benzene rings is 2. The number of halogens is 1. The van der Waals surface area contributed by atoms with Crippen molar-refractivity contribution in [3.63, 3.8) is 0 Å². The van der Waals surface area contributed by atoms with Gasteiger partial charge in [0.25, 0.3) is 0 Å². The Morgan fingerprint density at radius 2 is 1.69 bits per heavy atom. The molecule has 4 nitrogen and oxygen atoms in total. The van der Waals surface area contributed by atoms with Gasteiger partial charge in [0.2, 0.25) is 0 Å². The first-order chi connectivity index (χ1) is 12.3. The molecule has 140 valence electrons. The Morgan fingerprint density at radius 1 is 1.04 bits per heavy atom. The second-order valence-corrected chi connectivity index (χ2v) is 7.75. The van der Waals surface area contributed by atoms with Crippen LogP contribution in [0.25, 0.3) is 0 Å². The lowest BCUT2D eigenvalue weighted by Crippen LogP contribution is -2.24. The van der Waals surface area contributed by atoms with Gasteiger partial charge in [-0.15, -0.1) is 0 Å². The van der Waals surface area contributed by atoms with Crippen molar-refractivity contribution in [1.29, 1.82) is 0 Å². The topological polar surface area (TPSA) is 44.8 Å². The van der Waals surface area contributed by atoms with Gasteiger partial charge in [-0.2, -0.15) is 0 Å². The molecular weight excluding hydrogens is 396 g/mol. The Balaban J connectivity index is 2.17. The Bertz CT molecular complexity index is 733.